The number of benzene rings is 1. The Morgan fingerprint density at radius 2 is 1.95 bits per heavy atom. The molecule has 0 radical (unpaired) electrons. The Balaban J connectivity index is 2.08. The molecule has 1 aliphatic rings. The van der Waals surface area contributed by atoms with Gasteiger partial charge in [-0.05, 0) is 44.4 Å². The molecule has 1 aromatic rings. The van der Waals surface area contributed by atoms with E-state index in [9.17, 15) is 4.79 Å². The molecule has 116 valence electrons. The van der Waals surface area contributed by atoms with Gasteiger partial charge in [-0.15, -0.1) is 0 Å². The van der Waals surface area contributed by atoms with Gasteiger partial charge < -0.3 is 10.6 Å². The number of amides is 1. The number of aryl methyl sites for hydroxylation is 2. The Kier molecular flexibility index (Phi) is 5.40. The Hall–Kier alpha value is -1.35. The molecule has 1 fully saturated rings. The van der Waals surface area contributed by atoms with Crippen molar-refractivity contribution in [2.24, 2.45) is 0 Å². The van der Waals surface area contributed by atoms with Gasteiger partial charge >= 0.3 is 0 Å². The molecule has 1 saturated carbocycles. The summed E-state index contributed by atoms with van der Waals surface area (Å²) in [5.41, 5.74) is 3.36. The number of hydrogen-bond acceptors (Lipinski definition) is 2. The summed E-state index contributed by atoms with van der Waals surface area (Å²) in [7, 11) is 1.99. The third-order valence-electron chi connectivity index (χ3n) is 4.84. The molecule has 2 rings (SSSR count). The molecule has 0 aromatic heterocycles. The molecule has 0 spiro atoms. The molecular formula is C18H28N2O. The van der Waals surface area contributed by atoms with Crippen LogP contribution >= 0.6 is 0 Å². The van der Waals surface area contributed by atoms with E-state index in [2.05, 4.69) is 42.7 Å². The maximum Gasteiger partial charge on any atom is 0.226 e. The standard InChI is InChI=1S/C18H28N2O/c1-4-15-10-8-9-14(2)17(15)20-16(21)13-18(19-3)11-6-5-7-12-18/h8-10,19H,4-7,11-13H2,1-3H3,(H,20,21). The van der Waals surface area contributed by atoms with Crippen molar-refractivity contribution in [2.45, 2.75) is 64.3 Å². The zero-order chi connectivity index (χ0) is 15.3. The first-order valence-electron chi connectivity index (χ1n) is 8.17. The number of carbonyl (C=O) groups excluding carboxylic acids is 1. The summed E-state index contributed by atoms with van der Waals surface area (Å²) in [6.45, 7) is 4.18. The second-order valence-corrected chi connectivity index (χ2v) is 6.28. The minimum absolute atomic E-state index is 0.00258. The van der Waals surface area contributed by atoms with E-state index in [4.69, 9.17) is 0 Å². The van der Waals surface area contributed by atoms with Crippen molar-refractivity contribution < 1.29 is 4.79 Å². The third kappa shape index (κ3) is 3.85. The van der Waals surface area contributed by atoms with Gasteiger partial charge in [-0.2, -0.15) is 0 Å². The van der Waals surface area contributed by atoms with Gasteiger partial charge in [0, 0.05) is 17.6 Å². The maximum atomic E-state index is 12.5. The molecule has 0 bridgehead atoms. The Morgan fingerprint density at radius 1 is 1.24 bits per heavy atom. The lowest BCUT2D eigenvalue weighted by Gasteiger charge is -2.36. The smallest absolute Gasteiger partial charge is 0.226 e. The molecule has 1 amide bonds. The average molecular weight is 288 g/mol. The van der Waals surface area contributed by atoms with Crippen molar-refractivity contribution in [2.75, 3.05) is 12.4 Å². The van der Waals surface area contributed by atoms with E-state index in [1.165, 1.54) is 24.8 Å². The first-order chi connectivity index (χ1) is 10.1. The van der Waals surface area contributed by atoms with Crippen molar-refractivity contribution in [3.63, 3.8) is 0 Å². The predicted octanol–water partition coefficient (Wildman–Crippen LogP) is 3.81. The summed E-state index contributed by atoms with van der Waals surface area (Å²) in [4.78, 5) is 12.5. The number of para-hydroxylation sites is 1. The molecule has 0 aliphatic heterocycles. The van der Waals surface area contributed by atoms with Gasteiger partial charge in [-0.25, -0.2) is 0 Å². The molecular weight excluding hydrogens is 260 g/mol. The van der Waals surface area contributed by atoms with Gasteiger partial charge in [0.1, 0.15) is 0 Å². The number of carbonyl (C=O) groups is 1. The average Bonchev–Trinajstić information content (AvgIpc) is 2.50. The summed E-state index contributed by atoms with van der Waals surface area (Å²) >= 11 is 0. The topological polar surface area (TPSA) is 41.1 Å². The molecule has 2 N–H and O–H groups in total. The van der Waals surface area contributed by atoms with Gasteiger partial charge in [0.15, 0.2) is 0 Å². The summed E-state index contributed by atoms with van der Waals surface area (Å²) in [6, 6.07) is 6.21. The normalized spacial score (nSPS) is 17.5. The van der Waals surface area contributed by atoms with Crippen LogP contribution in [0.15, 0.2) is 18.2 Å². The Labute approximate surface area is 128 Å². The molecule has 1 aromatic carbocycles. The number of hydrogen-bond donors (Lipinski definition) is 2. The zero-order valence-electron chi connectivity index (χ0n) is 13.6. The van der Waals surface area contributed by atoms with E-state index < -0.39 is 0 Å². The fourth-order valence-corrected chi connectivity index (χ4v) is 3.44. The fourth-order valence-electron chi connectivity index (χ4n) is 3.44. The van der Waals surface area contributed by atoms with Gasteiger partial charge in [-0.3, -0.25) is 4.79 Å². The van der Waals surface area contributed by atoms with Crippen LogP contribution in [0.3, 0.4) is 0 Å². The SMILES string of the molecule is CCc1cccc(C)c1NC(=O)CC1(NC)CCCCC1. The van der Waals surface area contributed by atoms with Gasteiger partial charge in [0.05, 0.1) is 0 Å². The van der Waals surface area contributed by atoms with Crippen LogP contribution in [0, 0.1) is 6.92 Å². The van der Waals surface area contributed by atoms with Crippen LogP contribution in [0.4, 0.5) is 5.69 Å². The molecule has 0 heterocycles. The van der Waals surface area contributed by atoms with Crippen molar-refractivity contribution in [3.8, 4) is 0 Å². The van der Waals surface area contributed by atoms with Crippen LogP contribution in [0.2, 0.25) is 0 Å². The predicted molar refractivity (Wildman–Crippen MR) is 88.7 cm³/mol. The van der Waals surface area contributed by atoms with Crippen molar-refractivity contribution in [1.29, 1.82) is 0 Å². The van der Waals surface area contributed by atoms with Crippen molar-refractivity contribution in [1.82, 2.24) is 5.32 Å². The molecule has 1 aliphatic carbocycles. The minimum atomic E-state index is -0.00258. The highest BCUT2D eigenvalue weighted by Gasteiger charge is 2.32. The minimum Gasteiger partial charge on any atom is -0.326 e. The fraction of sp³-hybridized carbons (Fsp3) is 0.611. The van der Waals surface area contributed by atoms with E-state index in [-0.39, 0.29) is 11.4 Å². The summed E-state index contributed by atoms with van der Waals surface area (Å²) in [6.07, 6.45) is 7.45. The third-order valence-corrected chi connectivity index (χ3v) is 4.84. The highest BCUT2D eigenvalue weighted by atomic mass is 16.1. The maximum absolute atomic E-state index is 12.5. The lowest BCUT2D eigenvalue weighted by atomic mass is 9.79. The monoisotopic (exact) mass is 288 g/mol. The highest BCUT2D eigenvalue weighted by molar-refractivity contribution is 5.93. The van der Waals surface area contributed by atoms with Crippen LogP contribution in [0.25, 0.3) is 0 Å². The molecule has 0 unspecified atom stereocenters. The molecule has 3 nitrogen and oxygen atoms in total. The quantitative estimate of drug-likeness (QED) is 0.865. The number of rotatable bonds is 5. The van der Waals surface area contributed by atoms with E-state index >= 15 is 0 Å². The van der Waals surface area contributed by atoms with E-state index in [1.54, 1.807) is 0 Å². The second-order valence-electron chi connectivity index (χ2n) is 6.28. The van der Waals surface area contributed by atoms with E-state index in [1.807, 2.05) is 7.05 Å². The second kappa shape index (κ2) is 7.08. The van der Waals surface area contributed by atoms with Gasteiger partial charge in [0.25, 0.3) is 0 Å². The van der Waals surface area contributed by atoms with Gasteiger partial charge in [0.2, 0.25) is 5.91 Å². The van der Waals surface area contributed by atoms with Crippen LogP contribution in [-0.2, 0) is 11.2 Å². The summed E-state index contributed by atoms with van der Waals surface area (Å²) in [5.74, 6) is 0.134. The lowest BCUT2D eigenvalue weighted by Crippen LogP contribution is -2.47. The summed E-state index contributed by atoms with van der Waals surface area (Å²) in [5, 5.41) is 6.57. The molecule has 0 atom stereocenters. The van der Waals surface area contributed by atoms with Crippen LogP contribution in [0.1, 0.15) is 56.6 Å². The first kappa shape index (κ1) is 16.0. The Morgan fingerprint density at radius 3 is 2.57 bits per heavy atom. The lowest BCUT2D eigenvalue weighted by molar-refractivity contribution is -0.117. The van der Waals surface area contributed by atoms with Crippen LogP contribution in [0.5, 0.6) is 0 Å². The first-order valence-corrected chi connectivity index (χ1v) is 8.17. The number of anilines is 1. The van der Waals surface area contributed by atoms with Crippen molar-refractivity contribution in [3.05, 3.63) is 29.3 Å². The molecule has 3 heteroatoms. The highest BCUT2D eigenvalue weighted by Crippen LogP contribution is 2.31. The zero-order valence-corrected chi connectivity index (χ0v) is 13.6. The number of nitrogens with one attached hydrogen (secondary N) is 2. The van der Waals surface area contributed by atoms with E-state index in [0.717, 1.165) is 30.5 Å². The largest absolute Gasteiger partial charge is 0.326 e. The van der Waals surface area contributed by atoms with Crippen LogP contribution in [-0.4, -0.2) is 18.5 Å². The van der Waals surface area contributed by atoms with Crippen molar-refractivity contribution >= 4 is 11.6 Å². The van der Waals surface area contributed by atoms with E-state index in [0.29, 0.717) is 6.42 Å². The molecule has 0 saturated heterocycles. The summed E-state index contributed by atoms with van der Waals surface area (Å²) < 4.78 is 0. The van der Waals surface area contributed by atoms with Crippen LogP contribution < -0.4 is 10.6 Å². The Bertz CT molecular complexity index is 490. The molecule has 21 heavy (non-hydrogen) atoms. The van der Waals surface area contributed by atoms with Gasteiger partial charge in [-0.1, -0.05) is 44.4 Å².